The maximum atomic E-state index is 15.6. The lowest BCUT2D eigenvalue weighted by molar-refractivity contribution is -0.597. The zero-order chi connectivity index (χ0) is 79.1. The molecule has 6 nitrogen and oxygen atoms in total. The highest BCUT2D eigenvalue weighted by atomic mass is 127. The lowest BCUT2D eigenvalue weighted by Gasteiger charge is -2.45. The summed E-state index contributed by atoms with van der Waals surface area (Å²) in [5, 5.41) is 0. The molecule has 0 atom stereocenters. The molecule has 0 saturated heterocycles. The third kappa shape index (κ3) is 17.9. The van der Waals surface area contributed by atoms with Gasteiger partial charge in [0, 0.05) is 11.8 Å². The van der Waals surface area contributed by atoms with Crippen molar-refractivity contribution < 1.29 is 177 Å². The molecule has 0 amide bonds. The molecule has 0 saturated carbocycles. The van der Waals surface area contributed by atoms with Gasteiger partial charge < -0.3 is 0 Å². The van der Waals surface area contributed by atoms with E-state index in [9.17, 15) is 99.9 Å². The summed E-state index contributed by atoms with van der Waals surface area (Å²) in [5.74, 6) is -64.2. The average molecular weight is 1780 g/mol. The highest BCUT2D eigenvalue weighted by Gasteiger charge is 2.58. The summed E-state index contributed by atoms with van der Waals surface area (Å²) >= 11 is -0.0923. The fourth-order valence-electron chi connectivity index (χ4n) is 9.71. The average Bonchev–Trinajstić information content (AvgIpc) is 0.683. The highest BCUT2D eigenvalue weighted by molar-refractivity contribution is 8.29. The van der Waals surface area contributed by atoms with Gasteiger partial charge in [-0.05, 0) is 101 Å². The number of benzene rings is 8. The van der Waals surface area contributed by atoms with E-state index in [1.165, 1.54) is 36.5 Å². The number of hydrogen-bond donors (Lipinski definition) is 0. The fraction of sp³-hybridized carbons (Fsp3) is 0.258. The van der Waals surface area contributed by atoms with Crippen LogP contribution in [0, 0.1) is 136 Å². The Morgan fingerprint density at radius 2 is 0.573 bits per heavy atom. The predicted octanol–water partition coefficient (Wildman–Crippen LogP) is 10.3. The van der Waals surface area contributed by atoms with E-state index in [0.717, 1.165) is 6.42 Å². The third-order valence-corrected chi connectivity index (χ3v) is 27.6. The van der Waals surface area contributed by atoms with Gasteiger partial charge in [-0.2, -0.15) is 26.3 Å². The summed E-state index contributed by atoms with van der Waals surface area (Å²) in [6.45, 7) is 20.4. The summed E-state index contributed by atoms with van der Waals surface area (Å²) in [5.41, 5.74) is -22.4. The molecule has 0 spiro atoms. The first kappa shape index (κ1) is 87.0. The topological polar surface area (TPSA) is 102 Å². The van der Waals surface area contributed by atoms with Crippen molar-refractivity contribution in [3.8, 4) is 0 Å². The lowest BCUT2D eigenvalue weighted by Crippen LogP contribution is -3.61. The van der Waals surface area contributed by atoms with Crippen molar-refractivity contribution in [3.63, 3.8) is 0 Å². The second-order valence-electron chi connectivity index (χ2n) is 24.4. The van der Waals surface area contributed by atoms with Crippen LogP contribution in [-0.2, 0) is 46.8 Å². The first-order chi connectivity index (χ1) is 46.9. The van der Waals surface area contributed by atoms with Crippen LogP contribution in [0.25, 0.3) is 0 Å². The van der Waals surface area contributed by atoms with Crippen LogP contribution in [0.5, 0.6) is 0 Å². The summed E-state index contributed by atoms with van der Waals surface area (Å²) in [7, 11) is -20.3. The number of aryl methyl sites for hydroxylation is 1. The molecule has 8 aromatic rings. The van der Waals surface area contributed by atoms with E-state index in [-0.39, 0.29) is 60.2 Å². The first-order valence-electron chi connectivity index (χ1n) is 28.9. The number of halogens is 27. The van der Waals surface area contributed by atoms with E-state index in [4.69, 9.17) is 0 Å². The van der Waals surface area contributed by atoms with Crippen LogP contribution in [0.2, 0.25) is 0 Å². The molecule has 0 aliphatic rings. The van der Waals surface area contributed by atoms with Crippen LogP contribution in [0.4, 0.5) is 110 Å². The SMILES string of the molecule is CC(C)(C)c1ccc([I+]c2ccc(C(C)(C)C)cc2)cc1.CCc1ccc([I+]c2ccc(C(C)C)cc2)cc1.CS(=O)(=O)[C-](S(=O)(=O)C(F)(F)F)S(=O)(=O)C(F)(F)F.Cc1c(F)c(F)c([B-](c2c(F)c(F)c(F)c(F)c2F)(c2c(F)c(F)c(F)c(F)c2F)c2c(F)c(F)c(F)c(F)c2F)c(F)c1F. The van der Waals surface area contributed by atoms with Crippen molar-refractivity contribution in [1.29, 1.82) is 0 Å². The molecule has 37 heteroatoms. The van der Waals surface area contributed by atoms with Crippen molar-refractivity contribution in [2.75, 3.05) is 6.26 Å². The maximum absolute atomic E-state index is 15.6. The minimum absolute atomic E-state index is 0.0220. The maximum Gasteiger partial charge on any atom is 0.470 e. The van der Waals surface area contributed by atoms with E-state index in [2.05, 4.69) is 159 Å². The van der Waals surface area contributed by atoms with Crippen LogP contribution in [0.1, 0.15) is 96.0 Å². The van der Waals surface area contributed by atoms with Gasteiger partial charge in [-0.3, -0.25) is 25.3 Å². The Morgan fingerprint density at radius 1 is 0.359 bits per heavy atom. The molecule has 0 heterocycles. The number of hydrogen-bond acceptors (Lipinski definition) is 6. The summed E-state index contributed by atoms with van der Waals surface area (Å²) in [6, 6.07) is 36.7. The van der Waals surface area contributed by atoms with E-state index in [1.807, 2.05) is 0 Å². The number of rotatable bonds is 13. The summed E-state index contributed by atoms with van der Waals surface area (Å²) in [4.78, 5) is 0. The molecule has 0 radical (unpaired) electrons. The molecule has 0 unspecified atom stereocenters. The number of sulfone groups is 3. The summed E-state index contributed by atoms with van der Waals surface area (Å²) < 4.78 is 421. The minimum atomic E-state index is -7.22. The van der Waals surface area contributed by atoms with Crippen LogP contribution < -0.4 is 64.3 Å². The van der Waals surface area contributed by atoms with Gasteiger partial charge >= 0.3 is 53.4 Å². The molecule has 0 aliphatic carbocycles. The summed E-state index contributed by atoms with van der Waals surface area (Å²) in [6.07, 6.45) is -6.33. The van der Waals surface area contributed by atoms with Crippen LogP contribution >= 0.6 is 0 Å². The molecular weight excluding hydrogens is 1720 g/mol. The second-order valence-corrected chi connectivity index (χ2v) is 37.0. The predicted molar refractivity (Wildman–Crippen MR) is 323 cm³/mol. The molecule has 103 heavy (non-hydrogen) atoms. The van der Waals surface area contributed by atoms with Gasteiger partial charge in [-0.1, -0.05) is 111 Å². The molecule has 0 bridgehead atoms. The van der Waals surface area contributed by atoms with Gasteiger partial charge in [-0.15, -0.1) is 21.9 Å². The normalized spacial score (nSPS) is 12.6. The quantitative estimate of drug-likeness (QED) is 0.0285. The smallest absolute Gasteiger partial charge is 0.260 e. The first-order valence-corrected chi connectivity index (χ1v) is 38.0. The molecule has 0 N–H and O–H groups in total. The van der Waals surface area contributed by atoms with Crippen molar-refractivity contribution in [1.82, 2.24) is 0 Å². The molecule has 8 aromatic carbocycles. The Labute approximate surface area is 594 Å². The van der Waals surface area contributed by atoms with Crippen LogP contribution in [0.15, 0.2) is 97.1 Å². The van der Waals surface area contributed by atoms with Gasteiger partial charge in [0.15, 0.2) is 97.9 Å². The number of alkyl halides is 6. The molecule has 8 rings (SSSR count). The standard InChI is InChI=1S/C25H3BF19.C20H26I.C17H20I.C4H3F6O6S3/c1-2-7(27)9(29)3(10(30)8(2)28)26(4-11(31)17(37)23(43)18(38)12(4)32,5-13(33)19(39)24(44)20(40)14(5)34)6-15(35)21(41)25(45)22(42)16(6)36;1-19(2,3)15-7-11-17(12-8-15)21-18-13-9-16(10-14-18)20(4,5)6;1-4-14-5-9-16(10-6-14)18-17-11-7-15(8-12-17)13(2)3;1-17(11,12)2(18(13,14)3(5,6)7)19(15,16)4(8,9)10/h1H3;7-14H,1-6H3;5-13H,4H2,1-3H3;1H3/q-1;2*+1;-1. The zero-order valence-corrected chi connectivity index (χ0v) is 61.2. The Balaban J connectivity index is 0.000000274. The van der Waals surface area contributed by atoms with Crippen molar-refractivity contribution in [2.45, 2.75) is 103 Å². The van der Waals surface area contributed by atoms with Gasteiger partial charge in [0.25, 0.3) is 0 Å². The Hall–Kier alpha value is -6.62. The monoisotopic (exact) mass is 1780 g/mol. The van der Waals surface area contributed by atoms with E-state index >= 15 is 35.1 Å². The van der Waals surface area contributed by atoms with E-state index in [0.29, 0.717) is 5.92 Å². The van der Waals surface area contributed by atoms with Gasteiger partial charge in [0.2, 0.25) is 0 Å². The third-order valence-electron chi connectivity index (χ3n) is 15.0. The largest absolute Gasteiger partial charge is 0.470 e. The minimum Gasteiger partial charge on any atom is -0.260 e. The molecule has 562 valence electrons. The van der Waals surface area contributed by atoms with Gasteiger partial charge in [0.1, 0.15) is 52.7 Å². The lowest BCUT2D eigenvalue weighted by atomic mass is 9.12. The zero-order valence-electron chi connectivity index (χ0n) is 54.5. The van der Waals surface area contributed by atoms with Crippen molar-refractivity contribution in [3.05, 3.63) is 254 Å². The second kappa shape index (κ2) is 32.2. The van der Waals surface area contributed by atoms with Crippen LogP contribution in [0.3, 0.4) is 0 Å². The van der Waals surface area contributed by atoms with Crippen LogP contribution in [-0.4, -0.2) is 48.7 Å². The van der Waals surface area contributed by atoms with Gasteiger partial charge in [0.05, 0.1) is 13.8 Å². The molecular formula is C66H52BF25I2O6S3. The van der Waals surface area contributed by atoms with E-state index < -0.39 is 195 Å². The fourth-order valence-corrected chi connectivity index (χ4v) is 19.9. The van der Waals surface area contributed by atoms with E-state index in [1.54, 1.807) is 0 Å². The molecule has 0 aromatic heterocycles. The highest BCUT2D eigenvalue weighted by Crippen LogP contribution is 2.43. The molecule has 0 fully saturated rings. The Kier molecular flexibility index (Phi) is 27.2. The van der Waals surface area contributed by atoms with Gasteiger partial charge in [-0.25, -0.2) is 83.4 Å². The Bertz CT molecular complexity index is 4360. The Morgan fingerprint density at radius 3 is 0.777 bits per heavy atom. The van der Waals surface area contributed by atoms with Crippen molar-refractivity contribution >= 4 is 57.5 Å². The van der Waals surface area contributed by atoms with Crippen molar-refractivity contribution in [2.24, 2.45) is 0 Å². The molecule has 0 aliphatic heterocycles.